The third-order valence-electron chi connectivity index (χ3n) is 2.65. The number of nitrogens with one attached hydrogen (secondary N) is 1. The number of phenols is 1. The van der Waals surface area contributed by atoms with E-state index >= 15 is 0 Å². The standard InChI is InChI=1S/C13H10F2N2O3/c14-7-3-1-2-4-8(7)17-12-6(13(19)20)5-9(18)11(16)10(12)15/h1-5,17-18H,16H2,(H,19,20). The number of carboxylic acids is 1. The lowest BCUT2D eigenvalue weighted by atomic mass is 10.1. The lowest BCUT2D eigenvalue weighted by molar-refractivity contribution is 0.0697. The summed E-state index contributed by atoms with van der Waals surface area (Å²) in [5.41, 5.74) is 3.49. The smallest absolute Gasteiger partial charge is 0.338 e. The van der Waals surface area contributed by atoms with Crippen LogP contribution >= 0.6 is 0 Å². The molecule has 0 unspecified atom stereocenters. The first-order valence-corrected chi connectivity index (χ1v) is 5.47. The lowest BCUT2D eigenvalue weighted by Gasteiger charge is -2.13. The molecule has 5 nitrogen and oxygen atoms in total. The number of aromatic hydroxyl groups is 1. The topological polar surface area (TPSA) is 95.6 Å². The summed E-state index contributed by atoms with van der Waals surface area (Å²) in [7, 11) is 0. The van der Waals surface area contributed by atoms with Gasteiger partial charge in [0.1, 0.15) is 17.3 Å². The molecule has 104 valence electrons. The van der Waals surface area contributed by atoms with Gasteiger partial charge in [0.2, 0.25) is 0 Å². The minimum Gasteiger partial charge on any atom is -0.506 e. The fraction of sp³-hybridized carbons (Fsp3) is 0. The average molecular weight is 280 g/mol. The molecule has 0 saturated carbocycles. The van der Waals surface area contributed by atoms with Crippen molar-refractivity contribution in [2.45, 2.75) is 0 Å². The first-order valence-electron chi connectivity index (χ1n) is 5.47. The normalized spacial score (nSPS) is 10.3. The SMILES string of the molecule is Nc1c(O)cc(C(=O)O)c(Nc2ccccc2F)c1F. The lowest BCUT2D eigenvalue weighted by Crippen LogP contribution is -2.08. The quantitative estimate of drug-likeness (QED) is 0.394. The number of rotatable bonds is 3. The molecule has 0 aliphatic rings. The van der Waals surface area contributed by atoms with E-state index in [1.807, 2.05) is 0 Å². The number of carboxylic acid groups (broad SMARTS) is 1. The van der Waals surface area contributed by atoms with E-state index in [1.54, 1.807) is 0 Å². The molecule has 0 atom stereocenters. The van der Waals surface area contributed by atoms with Gasteiger partial charge >= 0.3 is 5.97 Å². The number of nitrogens with two attached hydrogens (primary N) is 1. The van der Waals surface area contributed by atoms with Gasteiger partial charge in [-0.05, 0) is 18.2 Å². The van der Waals surface area contributed by atoms with Crippen molar-refractivity contribution in [3.8, 4) is 5.75 Å². The maximum absolute atomic E-state index is 14.0. The average Bonchev–Trinajstić information content (AvgIpc) is 2.41. The Labute approximate surface area is 112 Å². The van der Waals surface area contributed by atoms with Crippen LogP contribution in [0.3, 0.4) is 0 Å². The molecule has 0 spiro atoms. The fourth-order valence-corrected chi connectivity index (χ4v) is 1.64. The molecule has 0 heterocycles. The van der Waals surface area contributed by atoms with E-state index in [9.17, 15) is 18.7 Å². The monoisotopic (exact) mass is 280 g/mol. The minimum absolute atomic E-state index is 0.112. The van der Waals surface area contributed by atoms with Crippen LogP contribution in [0.2, 0.25) is 0 Å². The number of phenolic OH excluding ortho intramolecular Hbond substituents is 1. The summed E-state index contributed by atoms with van der Waals surface area (Å²) in [6.07, 6.45) is 0. The zero-order chi connectivity index (χ0) is 14.9. The molecule has 0 aliphatic carbocycles. The van der Waals surface area contributed by atoms with E-state index in [-0.39, 0.29) is 5.69 Å². The zero-order valence-corrected chi connectivity index (χ0v) is 10.0. The number of hydrogen-bond acceptors (Lipinski definition) is 4. The van der Waals surface area contributed by atoms with Crippen LogP contribution in [0.15, 0.2) is 30.3 Å². The summed E-state index contributed by atoms with van der Waals surface area (Å²) < 4.78 is 27.5. The Morgan fingerprint density at radius 2 is 1.90 bits per heavy atom. The fourth-order valence-electron chi connectivity index (χ4n) is 1.64. The van der Waals surface area contributed by atoms with Crippen molar-refractivity contribution in [1.82, 2.24) is 0 Å². The molecule has 20 heavy (non-hydrogen) atoms. The van der Waals surface area contributed by atoms with Crippen LogP contribution in [0.4, 0.5) is 25.8 Å². The summed E-state index contributed by atoms with van der Waals surface area (Å²) in [5.74, 6) is -4.03. The molecule has 5 N–H and O–H groups in total. The molecule has 0 radical (unpaired) electrons. The van der Waals surface area contributed by atoms with E-state index in [0.29, 0.717) is 0 Å². The summed E-state index contributed by atoms with van der Waals surface area (Å²) >= 11 is 0. The number of nitrogen functional groups attached to an aromatic ring is 1. The third-order valence-corrected chi connectivity index (χ3v) is 2.65. The number of carbonyl (C=O) groups is 1. The van der Waals surface area contributed by atoms with Gasteiger partial charge in [-0.1, -0.05) is 12.1 Å². The Morgan fingerprint density at radius 3 is 2.50 bits per heavy atom. The first-order chi connectivity index (χ1) is 9.41. The Bertz CT molecular complexity index is 690. The molecule has 0 fully saturated rings. The summed E-state index contributed by atoms with van der Waals surface area (Å²) in [4.78, 5) is 11.1. The van der Waals surface area contributed by atoms with E-state index in [1.165, 1.54) is 18.2 Å². The molecule has 0 aliphatic heterocycles. The van der Waals surface area contributed by atoms with Crippen LogP contribution in [-0.2, 0) is 0 Å². The van der Waals surface area contributed by atoms with Crippen LogP contribution in [0, 0.1) is 11.6 Å². The minimum atomic E-state index is -1.49. The summed E-state index contributed by atoms with van der Waals surface area (Å²) in [5, 5.41) is 20.7. The second-order valence-corrected chi connectivity index (χ2v) is 3.96. The van der Waals surface area contributed by atoms with Crippen molar-refractivity contribution < 1.29 is 23.8 Å². The van der Waals surface area contributed by atoms with Gasteiger partial charge in [-0.15, -0.1) is 0 Å². The van der Waals surface area contributed by atoms with Crippen molar-refractivity contribution in [2.75, 3.05) is 11.1 Å². The second-order valence-electron chi connectivity index (χ2n) is 3.96. The Hall–Kier alpha value is -2.83. The highest BCUT2D eigenvalue weighted by Crippen LogP contribution is 2.35. The van der Waals surface area contributed by atoms with Gasteiger partial charge in [0.25, 0.3) is 0 Å². The highest BCUT2D eigenvalue weighted by atomic mass is 19.1. The molecule has 0 aromatic heterocycles. The Morgan fingerprint density at radius 1 is 1.25 bits per heavy atom. The molecule has 0 bridgehead atoms. The number of benzene rings is 2. The molecule has 2 aromatic rings. The largest absolute Gasteiger partial charge is 0.506 e. The molecule has 2 aromatic carbocycles. The maximum Gasteiger partial charge on any atom is 0.338 e. The summed E-state index contributed by atoms with van der Waals surface area (Å²) in [6, 6.07) is 6.16. The maximum atomic E-state index is 14.0. The van der Waals surface area contributed by atoms with Crippen molar-refractivity contribution in [2.24, 2.45) is 0 Å². The van der Waals surface area contributed by atoms with Crippen molar-refractivity contribution in [3.05, 3.63) is 47.5 Å². The van der Waals surface area contributed by atoms with Crippen LogP contribution in [-0.4, -0.2) is 16.2 Å². The first kappa shape index (κ1) is 13.6. The van der Waals surface area contributed by atoms with E-state index < -0.39 is 40.3 Å². The van der Waals surface area contributed by atoms with Gasteiger partial charge in [-0.2, -0.15) is 0 Å². The van der Waals surface area contributed by atoms with Gasteiger partial charge in [0, 0.05) is 0 Å². The molecular weight excluding hydrogens is 270 g/mol. The van der Waals surface area contributed by atoms with E-state index in [4.69, 9.17) is 10.8 Å². The third kappa shape index (κ3) is 2.33. The van der Waals surface area contributed by atoms with Crippen LogP contribution in [0.1, 0.15) is 10.4 Å². The number of anilines is 3. The van der Waals surface area contributed by atoms with Crippen LogP contribution < -0.4 is 11.1 Å². The number of para-hydroxylation sites is 1. The predicted octanol–water partition coefficient (Wildman–Crippen LogP) is 2.69. The molecule has 7 heteroatoms. The van der Waals surface area contributed by atoms with Crippen LogP contribution in [0.5, 0.6) is 5.75 Å². The molecular formula is C13H10F2N2O3. The van der Waals surface area contributed by atoms with Gasteiger partial charge in [-0.25, -0.2) is 13.6 Å². The summed E-state index contributed by atoms with van der Waals surface area (Å²) in [6.45, 7) is 0. The number of halogens is 2. The predicted molar refractivity (Wildman–Crippen MR) is 69.1 cm³/mol. The van der Waals surface area contributed by atoms with Crippen molar-refractivity contribution in [3.63, 3.8) is 0 Å². The molecule has 2 rings (SSSR count). The van der Waals surface area contributed by atoms with Crippen molar-refractivity contribution >= 4 is 23.0 Å². The van der Waals surface area contributed by atoms with Crippen LogP contribution in [0.25, 0.3) is 0 Å². The van der Waals surface area contributed by atoms with Gasteiger partial charge in [-0.3, -0.25) is 0 Å². The van der Waals surface area contributed by atoms with Gasteiger partial charge in [0.15, 0.2) is 5.82 Å². The second kappa shape index (κ2) is 5.04. The van der Waals surface area contributed by atoms with Gasteiger partial charge < -0.3 is 21.3 Å². The van der Waals surface area contributed by atoms with Gasteiger partial charge in [0.05, 0.1) is 16.9 Å². The molecule has 0 saturated heterocycles. The highest BCUT2D eigenvalue weighted by Gasteiger charge is 2.21. The molecule has 0 amide bonds. The van der Waals surface area contributed by atoms with Crippen molar-refractivity contribution in [1.29, 1.82) is 0 Å². The van der Waals surface area contributed by atoms with E-state index in [0.717, 1.165) is 12.1 Å². The zero-order valence-electron chi connectivity index (χ0n) is 10.0. The highest BCUT2D eigenvalue weighted by molar-refractivity contribution is 5.97. The Kier molecular flexibility index (Phi) is 3.43. The van der Waals surface area contributed by atoms with E-state index in [2.05, 4.69) is 5.32 Å². The number of aromatic carboxylic acids is 1. The number of hydrogen-bond donors (Lipinski definition) is 4. The Balaban J connectivity index is 2.59.